The maximum Gasteiger partial charge on any atom is 0.277 e. The second kappa shape index (κ2) is 8.05. The number of aromatic nitrogens is 2. The molecule has 0 atom stereocenters. The van der Waals surface area contributed by atoms with E-state index >= 15 is 0 Å². The van der Waals surface area contributed by atoms with Gasteiger partial charge in [0.2, 0.25) is 0 Å². The van der Waals surface area contributed by atoms with Gasteiger partial charge in [-0.15, -0.1) is 0 Å². The first-order chi connectivity index (χ1) is 13.7. The molecule has 2 N–H and O–H groups in total. The molecule has 0 spiro atoms. The third-order valence-electron chi connectivity index (χ3n) is 4.73. The average Bonchev–Trinajstić information content (AvgIpc) is 3.56. The molecular formula is C23H21N3O2. The van der Waals surface area contributed by atoms with Gasteiger partial charge in [0.25, 0.3) is 11.5 Å². The Morgan fingerprint density at radius 1 is 1.04 bits per heavy atom. The van der Waals surface area contributed by atoms with E-state index in [1.54, 1.807) is 0 Å². The molecule has 0 aliphatic heterocycles. The molecule has 0 saturated heterocycles. The number of benzene rings is 2. The highest BCUT2D eigenvalue weighted by Gasteiger charge is 2.22. The number of carbonyl (C=O) groups excluding carboxylic acids is 1. The zero-order valence-electron chi connectivity index (χ0n) is 15.4. The quantitative estimate of drug-likeness (QED) is 0.647. The van der Waals surface area contributed by atoms with Crippen LogP contribution in [0.3, 0.4) is 0 Å². The van der Waals surface area contributed by atoms with Crippen LogP contribution in [0.4, 0.5) is 0 Å². The lowest BCUT2D eigenvalue weighted by molar-refractivity contribution is 0.0957. The van der Waals surface area contributed by atoms with E-state index in [1.807, 2.05) is 66.7 Å². The van der Waals surface area contributed by atoms with E-state index in [2.05, 4.69) is 21.6 Å². The van der Waals surface area contributed by atoms with Gasteiger partial charge in [0.15, 0.2) is 0 Å². The summed E-state index contributed by atoms with van der Waals surface area (Å²) in [6.07, 6.45) is 6.50. The Bertz CT molecular complexity index is 1050. The molecule has 1 aromatic heterocycles. The number of amides is 1. The lowest BCUT2D eigenvalue weighted by Gasteiger charge is -2.13. The second-order valence-corrected chi connectivity index (χ2v) is 6.86. The van der Waals surface area contributed by atoms with Crippen LogP contribution in [-0.2, 0) is 0 Å². The summed E-state index contributed by atoms with van der Waals surface area (Å²) >= 11 is 0. The van der Waals surface area contributed by atoms with Crippen molar-refractivity contribution in [3.8, 4) is 22.4 Å². The topological polar surface area (TPSA) is 74.8 Å². The first kappa shape index (κ1) is 17.9. The Balaban J connectivity index is 1.78. The summed E-state index contributed by atoms with van der Waals surface area (Å²) in [4.78, 5) is 25.5. The number of allylic oxidation sites excluding steroid dienone is 1. The lowest BCUT2D eigenvalue weighted by atomic mass is 9.95. The fourth-order valence-electron chi connectivity index (χ4n) is 3.15. The molecule has 1 saturated carbocycles. The second-order valence-electron chi connectivity index (χ2n) is 6.86. The zero-order chi connectivity index (χ0) is 19.3. The highest BCUT2D eigenvalue weighted by molar-refractivity contribution is 6.03. The van der Waals surface area contributed by atoms with E-state index in [9.17, 15) is 9.59 Å². The van der Waals surface area contributed by atoms with Crippen molar-refractivity contribution >= 4 is 5.91 Å². The van der Waals surface area contributed by atoms with Crippen LogP contribution in [0.15, 0.2) is 77.6 Å². The minimum absolute atomic E-state index is 0.0832. The Kier molecular flexibility index (Phi) is 5.15. The fraction of sp³-hybridized carbons (Fsp3) is 0.174. The van der Waals surface area contributed by atoms with Crippen molar-refractivity contribution in [2.75, 3.05) is 6.54 Å². The zero-order valence-corrected chi connectivity index (χ0v) is 15.4. The van der Waals surface area contributed by atoms with Gasteiger partial charge in [0, 0.05) is 17.7 Å². The minimum Gasteiger partial charge on any atom is -0.348 e. The van der Waals surface area contributed by atoms with Crippen molar-refractivity contribution in [2.24, 2.45) is 5.92 Å². The number of nitrogens with one attached hydrogen (secondary N) is 2. The van der Waals surface area contributed by atoms with Gasteiger partial charge in [-0.25, -0.2) is 5.10 Å². The molecular weight excluding hydrogens is 350 g/mol. The standard InChI is InChI=1S/C23H21N3O2/c27-22(24-15-7-8-16-13-14-16)20-19(17-9-3-1-4-10-17)21(25-26-23(20)28)18-11-5-2-6-12-18/h1-12,16H,13-15H2,(H,24,27)(H,26,28)/b8-7+. The molecule has 1 amide bonds. The number of carbonyl (C=O) groups is 1. The molecule has 1 heterocycles. The molecule has 0 radical (unpaired) electrons. The Morgan fingerprint density at radius 3 is 2.32 bits per heavy atom. The van der Waals surface area contributed by atoms with Crippen LogP contribution in [0.5, 0.6) is 0 Å². The number of hydrogen-bond donors (Lipinski definition) is 2. The van der Waals surface area contributed by atoms with Crippen molar-refractivity contribution in [3.05, 3.63) is 88.7 Å². The largest absolute Gasteiger partial charge is 0.348 e. The fourth-order valence-corrected chi connectivity index (χ4v) is 3.15. The molecule has 2 aromatic carbocycles. The third-order valence-corrected chi connectivity index (χ3v) is 4.73. The molecule has 3 aromatic rings. The molecule has 5 nitrogen and oxygen atoms in total. The van der Waals surface area contributed by atoms with Crippen LogP contribution in [0.25, 0.3) is 22.4 Å². The summed E-state index contributed by atoms with van der Waals surface area (Å²) < 4.78 is 0. The smallest absolute Gasteiger partial charge is 0.277 e. The van der Waals surface area contributed by atoms with Gasteiger partial charge in [-0.2, -0.15) is 5.10 Å². The number of aromatic amines is 1. The predicted octanol–water partition coefficient (Wildman–Crippen LogP) is 3.80. The molecule has 1 fully saturated rings. The van der Waals surface area contributed by atoms with Crippen LogP contribution < -0.4 is 10.9 Å². The monoisotopic (exact) mass is 371 g/mol. The van der Waals surface area contributed by atoms with Gasteiger partial charge in [-0.05, 0) is 24.3 Å². The highest BCUT2D eigenvalue weighted by atomic mass is 16.2. The van der Waals surface area contributed by atoms with Gasteiger partial charge in [0.05, 0.1) is 5.69 Å². The number of hydrogen-bond acceptors (Lipinski definition) is 3. The van der Waals surface area contributed by atoms with E-state index in [4.69, 9.17) is 0 Å². The minimum atomic E-state index is -0.498. The molecule has 4 rings (SSSR count). The van der Waals surface area contributed by atoms with Gasteiger partial charge in [-0.1, -0.05) is 72.8 Å². The predicted molar refractivity (Wildman–Crippen MR) is 110 cm³/mol. The van der Waals surface area contributed by atoms with Crippen molar-refractivity contribution in [3.63, 3.8) is 0 Å². The molecule has 0 unspecified atom stereocenters. The summed E-state index contributed by atoms with van der Waals surface area (Å²) in [6, 6.07) is 19.0. The normalized spacial score (nSPS) is 13.6. The summed E-state index contributed by atoms with van der Waals surface area (Å²) in [5.74, 6) is 0.242. The number of rotatable bonds is 6. The van der Waals surface area contributed by atoms with E-state index in [0.29, 0.717) is 23.7 Å². The molecule has 1 aliphatic rings. The first-order valence-electron chi connectivity index (χ1n) is 9.42. The van der Waals surface area contributed by atoms with Crippen LogP contribution >= 0.6 is 0 Å². The van der Waals surface area contributed by atoms with Gasteiger partial charge in [-0.3, -0.25) is 9.59 Å². The van der Waals surface area contributed by atoms with Gasteiger partial charge < -0.3 is 5.32 Å². The Morgan fingerprint density at radius 2 is 1.68 bits per heavy atom. The molecule has 28 heavy (non-hydrogen) atoms. The molecule has 1 aliphatic carbocycles. The van der Waals surface area contributed by atoms with E-state index in [-0.39, 0.29) is 5.56 Å². The van der Waals surface area contributed by atoms with Gasteiger partial charge >= 0.3 is 0 Å². The van der Waals surface area contributed by atoms with Crippen molar-refractivity contribution < 1.29 is 4.79 Å². The highest BCUT2D eigenvalue weighted by Crippen LogP contribution is 2.31. The molecule has 5 heteroatoms. The first-order valence-corrected chi connectivity index (χ1v) is 9.42. The lowest BCUT2D eigenvalue weighted by Crippen LogP contribution is -2.31. The third kappa shape index (κ3) is 3.93. The SMILES string of the molecule is O=C(NC/C=C/C1CC1)c1c(-c2ccccc2)c(-c2ccccc2)n[nH]c1=O. The van der Waals surface area contributed by atoms with Crippen LogP contribution in [0.2, 0.25) is 0 Å². The van der Waals surface area contributed by atoms with E-state index in [1.165, 1.54) is 12.8 Å². The Labute approximate surface area is 163 Å². The molecule has 0 bridgehead atoms. The maximum atomic E-state index is 12.9. The maximum absolute atomic E-state index is 12.9. The van der Waals surface area contributed by atoms with Crippen LogP contribution in [0.1, 0.15) is 23.2 Å². The van der Waals surface area contributed by atoms with Crippen molar-refractivity contribution in [2.45, 2.75) is 12.8 Å². The molecule has 140 valence electrons. The number of H-pyrrole nitrogens is 1. The summed E-state index contributed by atoms with van der Waals surface area (Å²) in [5.41, 5.74) is 2.31. The van der Waals surface area contributed by atoms with E-state index in [0.717, 1.165) is 11.1 Å². The van der Waals surface area contributed by atoms with Gasteiger partial charge in [0.1, 0.15) is 5.56 Å². The summed E-state index contributed by atoms with van der Waals surface area (Å²) in [6.45, 7) is 0.395. The van der Waals surface area contributed by atoms with E-state index < -0.39 is 11.5 Å². The van der Waals surface area contributed by atoms with Crippen molar-refractivity contribution in [1.82, 2.24) is 15.5 Å². The van der Waals surface area contributed by atoms with Crippen molar-refractivity contribution in [1.29, 1.82) is 0 Å². The average molecular weight is 371 g/mol. The number of nitrogens with zero attached hydrogens (tertiary/aromatic N) is 1. The summed E-state index contributed by atoms with van der Waals surface area (Å²) in [5, 5.41) is 9.59. The van der Waals surface area contributed by atoms with Crippen LogP contribution in [0, 0.1) is 5.92 Å². The summed E-state index contributed by atoms with van der Waals surface area (Å²) in [7, 11) is 0. The van der Waals surface area contributed by atoms with Crippen LogP contribution in [-0.4, -0.2) is 22.6 Å². The Hall–Kier alpha value is -3.47.